The molecular formula is C13H14BrNO. The third-order valence-corrected chi connectivity index (χ3v) is 3.55. The quantitative estimate of drug-likeness (QED) is 0.819. The van der Waals surface area contributed by atoms with E-state index < -0.39 is 0 Å². The molecule has 1 aromatic carbocycles. The number of nitriles is 1. The van der Waals surface area contributed by atoms with E-state index in [2.05, 4.69) is 22.0 Å². The van der Waals surface area contributed by atoms with Crippen LogP contribution in [-0.2, 0) is 0 Å². The van der Waals surface area contributed by atoms with Crippen LogP contribution < -0.4 is 4.74 Å². The second-order valence-electron chi connectivity index (χ2n) is 4.11. The maximum absolute atomic E-state index is 9.02. The first-order valence-electron chi connectivity index (χ1n) is 5.66. The summed E-state index contributed by atoms with van der Waals surface area (Å²) in [6, 6.07) is 7.74. The predicted octanol–water partition coefficient (Wildman–Crippen LogP) is 4.03. The number of para-hydroxylation sites is 1. The SMILES string of the molecule is N#Cc1cccc(Br)c1OC1CCCCC1. The van der Waals surface area contributed by atoms with Crippen molar-refractivity contribution < 1.29 is 4.74 Å². The lowest BCUT2D eigenvalue weighted by Gasteiger charge is -2.24. The van der Waals surface area contributed by atoms with Gasteiger partial charge in [-0.2, -0.15) is 5.26 Å². The van der Waals surface area contributed by atoms with E-state index in [0.717, 1.165) is 17.3 Å². The summed E-state index contributed by atoms with van der Waals surface area (Å²) in [5.74, 6) is 0.705. The number of hydrogen-bond donors (Lipinski definition) is 0. The Balaban J connectivity index is 2.16. The molecule has 0 saturated heterocycles. The molecule has 3 heteroatoms. The Labute approximate surface area is 104 Å². The van der Waals surface area contributed by atoms with Crippen LogP contribution >= 0.6 is 15.9 Å². The van der Waals surface area contributed by atoms with Crippen LogP contribution in [0.4, 0.5) is 0 Å². The molecule has 0 radical (unpaired) electrons. The van der Waals surface area contributed by atoms with E-state index in [0.29, 0.717) is 11.3 Å². The van der Waals surface area contributed by atoms with Gasteiger partial charge in [-0.15, -0.1) is 0 Å². The van der Waals surface area contributed by atoms with Crippen LogP contribution in [0.5, 0.6) is 5.75 Å². The van der Waals surface area contributed by atoms with Gasteiger partial charge in [-0.05, 0) is 53.7 Å². The van der Waals surface area contributed by atoms with Gasteiger partial charge in [0.25, 0.3) is 0 Å². The van der Waals surface area contributed by atoms with E-state index in [-0.39, 0.29) is 6.10 Å². The first-order valence-corrected chi connectivity index (χ1v) is 6.46. The minimum absolute atomic E-state index is 0.277. The van der Waals surface area contributed by atoms with Gasteiger partial charge in [-0.25, -0.2) is 0 Å². The van der Waals surface area contributed by atoms with Gasteiger partial charge in [0.2, 0.25) is 0 Å². The lowest BCUT2D eigenvalue weighted by Crippen LogP contribution is -2.20. The van der Waals surface area contributed by atoms with Crippen molar-refractivity contribution in [3.05, 3.63) is 28.2 Å². The fraction of sp³-hybridized carbons (Fsp3) is 0.462. The molecule has 0 heterocycles. The summed E-state index contributed by atoms with van der Waals surface area (Å²) < 4.78 is 6.81. The Morgan fingerprint density at radius 1 is 1.25 bits per heavy atom. The summed E-state index contributed by atoms with van der Waals surface area (Å²) in [5, 5.41) is 9.02. The van der Waals surface area contributed by atoms with Gasteiger partial charge in [0.1, 0.15) is 6.07 Å². The van der Waals surface area contributed by atoms with Crippen molar-refractivity contribution in [3.8, 4) is 11.8 Å². The molecule has 0 bridgehead atoms. The van der Waals surface area contributed by atoms with Crippen LogP contribution in [0, 0.1) is 11.3 Å². The monoisotopic (exact) mass is 279 g/mol. The summed E-state index contributed by atoms with van der Waals surface area (Å²) in [5.41, 5.74) is 0.611. The fourth-order valence-electron chi connectivity index (χ4n) is 2.07. The number of halogens is 1. The van der Waals surface area contributed by atoms with Crippen LogP contribution in [0.15, 0.2) is 22.7 Å². The molecule has 1 aliphatic rings. The zero-order chi connectivity index (χ0) is 11.4. The summed E-state index contributed by atoms with van der Waals surface area (Å²) in [4.78, 5) is 0. The Kier molecular flexibility index (Phi) is 3.84. The number of rotatable bonds is 2. The second kappa shape index (κ2) is 5.36. The molecule has 0 unspecified atom stereocenters. The molecule has 2 rings (SSSR count). The van der Waals surface area contributed by atoms with E-state index in [1.54, 1.807) is 6.07 Å². The third-order valence-electron chi connectivity index (χ3n) is 2.92. The van der Waals surface area contributed by atoms with Crippen LogP contribution in [0.1, 0.15) is 37.7 Å². The lowest BCUT2D eigenvalue weighted by molar-refractivity contribution is 0.153. The van der Waals surface area contributed by atoms with E-state index in [9.17, 15) is 0 Å². The highest BCUT2D eigenvalue weighted by molar-refractivity contribution is 9.10. The van der Waals surface area contributed by atoms with Crippen LogP contribution in [0.2, 0.25) is 0 Å². The zero-order valence-electron chi connectivity index (χ0n) is 9.08. The van der Waals surface area contributed by atoms with Crippen molar-refractivity contribution in [3.63, 3.8) is 0 Å². The Bertz CT molecular complexity index is 405. The van der Waals surface area contributed by atoms with Gasteiger partial charge >= 0.3 is 0 Å². The van der Waals surface area contributed by atoms with Crippen molar-refractivity contribution in [1.29, 1.82) is 5.26 Å². The molecule has 1 aromatic rings. The van der Waals surface area contributed by atoms with Crippen LogP contribution in [-0.4, -0.2) is 6.10 Å². The highest BCUT2D eigenvalue weighted by Gasteiger charge is 2.17. The molecule has 1 aliphatic carbocycles. The molecule has 84 valence electrons. The first-order chi connectivity index (χ1) is 7.81. The minimum Gasteiger partial charge on any atom is -0.488 e. The normalized spacial score (nSPS) is 16.8. The van der Waals surface area contributed by atoms with E-state index in [1.807, 2.05) is 12.1 Å². The van der Waals surface area contributed by atoms with Crippen molar-refractivity contribution in [1.82, 2.24) is 0 Å². The second-order valence-corrected chi connectivity index (χ2v) is 4.96. The molecule has 0 amide bonds. The molecular weight excluding hydrogens is 266 g/mol. The molecule has 0 N–H and O–H groups in total. The van der Waals surface area contributed by atoms with Crippen molar-refractivity contribution in [2.75, 3.05) is 0 Å². The number of nitrogens with zero attached hydrogens (tertiary/aromatic N) is 1. The van der Waals surface area contributed by atoms with Gasteiger partial charge in [-0.1, -0.05) is 12.5 Å². The van der Waals surface area contributed by atoms with Gasteiger partial charge in [-0.3, -0.25) is 0 Å². The molecule has 16 heavy (non-hydrogen) atoms. The number of benzene rings is 1. The van der Waals surface area contributed by atoms with Crippen molar-refractivity contribution in [2.45, 2.75) is 38.2 Å². The highest BCUT2D eigenvalue weighted by atomic mass is 79.9. The zero-order valence-corrected chi connectivity index (χ0v) is 10.7. The van der Waals surface area contributed by atoms with Gasteiger partial charge in [0.05, 0.1) is 16.1 Å². The highest BCUT2D eigenvalue weighted by Crippen LogP contribution is 2.32. The smallest absolute Gasteiger partial charge is 0.151 e. The average molecular weight is 280 g/mol. The van der Waals surface area contributed by atoms with Gasteiger partial charge in [0, 0.05) is 0 Å². The summed E-state index contributed by atoms with van der Waals surface area (Å²) in [6.07, 6.45) is 6.26. The third kappa shape index (κ3) is 2.56. The maximum Gasteiger partial charge on any atom is 0.151 e. The Morgan fingerprint density at radius 3 is 2.69 bits per heavy atom. The van der Waals surface area contributed by atoms with Crippen molar-refractivity contribution in [2.24, 2.45) is 0 Å². The molecule has 1 saturated carbocycles. The topological polar surface area (TPSA) is 33.0 Å². The average Bonchev–Trinajstić information content (AvgIpc) is 2.33. The molecule has 0 spiro atoms. The Hall–Kier alpha value is -1.01. The van der Waals surface area contributed by atoms with Crippen LogP contribution in [0.25, 0.3) is 0 Å². The fourth-order valence-corrected chi connectivity index (χ4v) is 2.53. The van der Waals surface area contributed by atoms with Gasteiger partial charge < -0.3 is 4.74 Å². The summed E-state index contributed by atoms with van der Waals surface area (Å²) in [7, 11) is 0. The molecule has 0 aromatic heterocycles. The van der Waals surface area contributed by atoms with Gasteiger partial charge in [0.15, 0.2) is 5.75 Å². The van der Waals surface area contributed by atoms with Crippen molar-refractivity contribution >= 4 is 15.9 Å². The summed E-state index contributed by atoms with van der Waals surface area (Å²) >= 11 is 3.44. The largest absolute Gasteiger partial charge is 0.488 e. The summed E-state index contributed by atoms with van der Waals surface area (Å²) in [6.45, 7) is 0. The standard InChI is InChI=1S/C13H14BrNO/c14-12-8-4-5-10(9-15)13(12)16-11-6-2-1-3-7-11/h4-5,8,11H,1-3,6-7H2. The van der Waals surface area contributed by atoms with E-state index in [4.69, 9.17) is 10.00 Å². The van der Waals surface area contributed by atoms with E-state index in [1.165, 1.54) is 19.3 Å². The predicted molar refractivity (Wildman–Crippen MR) is 66.4 cm³/mol. The molecule has 0 aliphatic heterocycles. The Morgan fingerprint density at radius 2 is 2.00 bits per heavy atom. The maximum atomic E-state index is 9.02. The number of hydrogen-bond acceptors (Lipinski definition) is 2. The first kappa shape index (κ1) is 11.5. The molecule has 0 atom stereocenters. The molecule has 1 fully saturated rings. The molecule has 2 nitrogen and oxygen atoms in total. The van der Waals surface area contributed by atoms with E-state index >= 15 is 0 Å². The lowest BCUT2D eigenvalue weighted by atomic mass is 9.98. The minimum atomic E-state index is 0.277. The van der Waals surface area contributed by atoms with Crippen LogP contribution in [0.3, 0.4) is 0 Å². The number of ether oxygens (including phenoxy) is 1.